The molecule has 1 N–H and O–H groups in total. The van der Waals surface area contributed by atoms with Crippen LogP contribution < -0.4 is 5.32 Å². The highest BCUT2D eigenvalue weighted by atomic mass is 32.2. The van der Waals surface area contributed by atoms with Crippen LogP contribution in [-0.2, 0) is 0 Å². The van der Waals surface area contributed by atoms with Crippen molar-refractivity contribution in [3.05, 3.63) is 35.6 Å². The second-order valence-corrected chi connectivity index (χ2v) is 6.48. The third kappa shape index (κ3) is 4.81. The van der Waals surface area contributed by atoms with Crippen LogP contribution in [-0.4, -0.2) is 17.5 Å². The molecule has 1 aromatic rings. The molecule has 1 fully saturated rings. The van der Waals surface area contributed by atoms with Crippen molar-refractivity contribution in [1.29, 1.82) is 0 Å². The number of thioether (sulfide) groups is 1. The summed E-state index contributed by atoms with van der Waals surface area (Å²) in [4.78, 5) is 0. The van der Waals surface area contributed by atoms with E-state index < -0.39 is 0 Å². The largest absolute Gasteiger partial charge is 0.306 e. The Kier molecular flexibility index (Phi) is 6.18. The van der Waals surface area contributed by atoms with Gasteiger partial charge in [0.25, 0.3) is 0 Å². The number of unbranched alkanes of at least 4 members (excludes halogenated alkanes) is 1. The third-order valence-electron chi connectivity index (χ3n) is 3.72. The van der Waals surface area contributed by atoms with E-state index in [0.29, 0.717) is 12.1 Å². The fourth-order valence-corrected chi connectivity index (χ4v) is 3.69. The van der Waals surface area contributed by atoms with Gasteiger partial charge in [-0.3, -0.25) is 0 Å². The molecule has 0 bridgehead atoms. The first-order chi connectivity index (χ1) is 9.29. The van der Waals surface area contributed by atoms with Crippen LogP contribution >= 0.6 is 11.8 Å². The van der Waals surface area contributed by atoms with Crippen molar-refractivity contribution in [2.75, 3.05) is 11.5 Å². The first kappa shape index (κ1) is 14.9. The van der Waals surface area contributed by atoms with Crippen LogP contribution in [0, 0.1) is 5.82 Å². The molecule has 1 nitrogen and oxygen atoms in total. The first-order valence-corrected chi connectivity index (χ1v) is 8.54. The van der Waals surface area contributed by atoms with E-state index in [9.17, 15) is 4.39 Å². The average Bonchev–Trinajstić information content (AvgIpc) is 2.45. The van der Waals surface area contributed by atoms with Crippen molar-refractivity contribution in [1.82, 2.24) is 5.32 Å². The Morgan fingerprint density at radius 3 is 2.79 bits per heavy atom. The molecule has 1 aliphatic heterocycles. The van der Waals surface area contributed by atoms with Crippen molar-refractivity contribution in [3.63, 3.8) is 0 Å². The maximum atomic E-state index is 13.0. The number of nitrogens with one attached hydrogen (secondary N) is 1. The predicted molar refractivity (Wildman–Crippen MR) is 82.1 cm³/mol. The smallest absolute Gasteiger partial charge is 0.123 e. The molecule has 2 rings (SSSR count). The highest BCUT2D eigenvalue weighted by molar-refractivity contribution is 7.99. The Bertz CT molecular complexity index is 360. The van der Waals surface area contributed by atoms with Gasteiger partial charge in [-0.05, 0) is 42.7 Å². The molecule has 0 radical (unpaired) electrons. The summed E-state index contributed by atoms with van der Waals surface area (Å²) in [5, 5.41) is 3.78. The SMILES string of the molecule is CCCCC(NC1CCCSC1)c1ccc(F)cc1. The van der Waals surface area contributed by atoms with Gasteiger partial charge in [-0.15, -0.1) is 0 Å². The fraction of sp³-hybridized carbons (Fsp3) is 0.625. The molecule has 1 heterocycles. The lowest BCUT2D eigenvalue weighted by Crippen LogP contribution is -2.36. The Morgan fingerprint density at radius 2 is 2.16 bits per heavy atom. The molecule has 2 atom stereocenters. The summed E-state index contributed by atoms with van der Waals surface area (Å²) in [6.07, 6.45) is 6.15. The molecular formula is C16H24FNS. The first-order valence-electron chi connectivity index (χ1n) is 7.39. The van der Waals surface area contributed by atoms with Crippen LogP contribution in [0.3, 0.4) is 0 Å². The summed E-state index contributed by atoms with van der Waals surface area (Å²) in [6, 6.07) is 8.00. The molecule has 106 valence electrons. The lowest BCUT2D eigenvalue weighted by atomic mass is 9.99. The van der Waals surface area contributed by atoms with Crippen molar-refractivity contribution >= 4 is 11.8 Å². The normalized spacial score (nSPS) is 21.3. The van der Waals surface area contributed by atoms with E-state index in [0.717, 1.165) is 6.42 Å². The lowest BCUT2D eigenvalue weighted by Gasteiger charge is -2.28. The number of benzene rings is 1. The molecule has 1 aromatic carbocycles. The van der Waals surface area contributed by atoms with E-state index >= 15 is 0 Å². The van der Waals surface area contributed by atoms with Crippen LogP contribution in [0.15, 0.2) is 24.3 Å². The molecule has 0 saturated carbocycles. The summed E-state index contributed by atoms with van der Waals surface area (Å²) in [6.45, 7) is 2.22. The standard InChI is InChI=1S/C16H24FNS/c1-2-3-6-16(13-7-9-14(17)10-8-13)18-15-5-4-11-19-12-15/h7-10,15-16,18H,2-6,11-12H2,1H3. The zero-order valence-corrected chi connectivity index (χ0v) is 12.5. The highest BCUT2D eigenvalue weighted by Crippen LogP contribution is 2.24. The van der Waals surface area contributed by atoms with Crippen LogP contribution in [0.5, 0.6) is 0 Å². The quantitative estimate of drug-likeness (QED) is 0.821. The Hall–Kier alpha value is -0.540. The summed E-state index contributed by atoms with van der Waals surface area (Å²) < 4.78 is 13.0. The molecule has 19 heavy (non-hydrogen) atoms. The highest BCUT2D eigenvalue weighted by Gasteiger charge is 2.19. The van der Waals surface area contributed by atoms with Gasteiger partial charge in [0, 0.05) is 17.8 Å². The van der Waals surface area contributed by atoms with Crippen molar-refractivity contribution in [2.24, 2.45) is 0 Å². The molecule has 1 aliphatic rings. The molecule has 0 amide bonds. The van der Waals surface area contributed by atoms with Crippen LogP contribution in [0.1, 0.15) is 50.6 Å². The Morgan fingerprint density at radius 1 is 1.37 bits per heavy atom. The van der Waals surface area contributed by atoms with Gasteiger partial charge in [0.1, 0.15) is 5.82 Å². The number of rotatable bonds is 6. The van der Waals surface area contributed by atoms with Gasteiger partial charge in [0.05, 0.1) is 0 Å². The van der Waals surface area contributed by atoms with E-state index in [4.69, 9.17) is 0 Å². The molecule has 2 unspecified atom stereocenters. The zero-order valence-electron chi connectivity index (χ0n) is 11.7. The summed E-state index contributed by atoms with van der Waals surface area (Å²) >= 11 is 2.04. The van der Waals surface area contributed by atoms with Gasteiger partial charge in [-0.25, -0.2) is 4.39 Å². The molecule has 0 aromatic heterocycles. The second kappa shape index (κ2) is 7.91. The van der Waals surface area contributed by atoms with E-state index in [1.807, 2.05) is 23.9 Å². The average molecular weight is 281 g/mol. The van der Waals surface area contributed by atoms with Gasteiger partial charge in [-0.1, -0.05) is 31.9 Å². The monoisotopic (exact) mass is 281 g/mol. The number of hydrogen-bond donors (Lipinski definition) is 1. The number of halogens is 1. The topological polar surface area (TPSA) is 12.0 Å². The zero-order chi connectivity index (χ0) is 13.5. The maximum absolute atomic E-state index is 13.0. The van der Waals surface area contributed by atoms with E-state index in [1.165, 1.54) is 42.8 Å². The van der Waals surface area contributed by atoms with Crippen molar-refractivity contribution in [2.45, 2.75) is 51.1 Å². The lowest BCUT2D eigenvalue weighted by molar-refractivity contribution is 0.406. The van der Waals surface area contributed by atoms with Crippen LogP contribution in [0.2, 0.25) is 0 Å². The maximum Gasteiger partial charge on any atom is 0.123 e. The minimum atomic E-state index is -0.147. The number of hydrogen-bond acceptors (Lipinski definition) is 2. The summed E-state index contributed by atoms with van der Waals surface area (Å²) in [5.74, 6) is 2.37. The molecular weight excluding hydrogens is 257 g/mol. The van der Waals surface area contributed by atoms with E-state index in [2.05, 4.69) is 12.2 Å². The van der Waals surface area contributed by atoms with Crippen LogP contribution in [0.25, 0.3) is 0 Å². The minimum Gasteiger partial charge on any atom is -0.306 e. The van der Waals surface area contributed by atoms with Gasteiger partial charge in [0.15, 0.2) is 0 Å². The van der Waals surface area contributed by atoms with Gasteiger partial charge in [0.2, 0.25) is 0 Å². The molecule has 0 aliphatic carbocycles. The van der Waals surface area contributed by atoms with Gasteiger partial charge >= 0.3 is 0 Å². The van der Waals surface area contributed by atoms with Crippen LogP contribution in [0.4, 0.5) is 4.39 Å². The molecule has 0 spiro atoms. The molecule has 3 heteroatoms. The van der Waals surface area contributed by atoms with E-state index in [1.54, 1.807) is 12.1 Å². The van der Waals surface area contributed by atoms with E-state index in [-0.39, 0.29) is 5.82 Å². The fourth-order valence-electron chi connectivity index (χ4n) is 2.61. The minimum absolute atomic E-state index is 0.147. The Labute approximate surface area is 120 Å². The summed E-state index contributed by atoms with van der Waals surface area (Å²) in [7, 11) is 0. The van der Waals surface area contributed by atoms with Gasteiger partial charge < -0.3 is 5.32 Å². The second-order valence-electron chi connectivity index (χ2n) is 5.33. The van der Waals surface area contributed by atoms with Crippen molar-refractivity contribution in [3.8, 4) is 0 Å². The predicted octanol–water partition coefficient (Wildman–Crippen LogP) is 4.54. The van der Waals surface area contributed by atoms with Crippen molar-refractivity contribution < 1.29 is 4.39 Å². The molecule has 1 saturated heterocycles. The van der Waals surface area contributed by atoms with Gasteiger partial charge in [-0.2, -0.15) is 11.8 Å². The summed E-state index contributed by atoms with van der Waals surface area (Å²) in [5.41, 5.74) is 1.23. The third-order valence-corrected chi connectivity index (χ3v) is 4.93. The Balaban J connectivity index is 1.99.